The number of fused-ring (bicyclic) bond motifs is 1. The van der Waals surface area contributed by atoms with E-state index in [1.165, 1.54) is 11.1 Å². The fraction of sp³-hybridized carbons (Fsp3) is 0.579. The van der Waals surface area contributed by atoms with Crippen LogP contribution in [0.3, 0.4) is 0 Å². The van der Waals surface area contributed by atoms with Crippen molar-refractivity contribution in [2.75, 3.05) is 17.7 Å². The highest BCUT2D eigenvalue weighted by atomic mass is 16.5. The van der Waals surface area contributed by atoms with Crippen LogP contribution in [0.2, 0.25) is 0 Å². The highest BCUT2D eigenvalue weighted by molar-refractivity contribution is 5.87. The summed E-state index contributed by atoms with van der Waals surface area (Å²) in [6.07, 6.45) is 5.55. The van der Waals surface area contributed by atoms with E-state index in [4.69, 9.17) is 4.74 Å². The second-order valence-electron chi connectivity index (χ2n) is 6.47. The minimum atomic E-state index is -0.00270. The molecule has 1 aliphatic heterocycles. The molecule has 1 heterocycles. The van der Waals surface area contributed by atoms with E-state index in [2.05, 4.69) is 63.5 Å². The van der Waals surface area contributed by atoms with Crippen molar-refractivity contribution >= 4 is 16.9 Å². The van der Waals surface area contributed by atoms with Gasteiger partial charge in [0, 0.05) is 23.4 Å². The van der Waals surface area contributed by atoms with Crippen LogP contribution in [0.4, 0.5) is 11.4 Å². The second kappa shape index (κ2) is 6.64. The average Bonchev–Trinajstić information content (AvgIpc) is 2.53. The van der Waals surface area contributed by atoms with E-state index in [0.29, 0.717) is 6.04 Å². The number of anilines is 2. The Morgan fingerprint density at radius 1 is 1.27 bits per heavy atom. The first-order valence-corrected chi connectivity index (χ1v) is 8.45. The number of ether oxygens (including phenoxy) is 1. The Hall–Kier alpha value is -1.64. The molecule has 0 aliphatic carbocycles. The summed E-state index contributed by atoms with van der Waals surface area (Å²) >= 11 is 0. The summed E-state index contributed by atoms with van der Waals surface area (Å²) in [5.74, 6) is 0.919. The molecule has 0 fully saturated rings. The molecule has 0 aromatic heterocycles. The molecule has 1 aromatic carbocycles. The quantitative estimate of drug-likeness (QED) is 0.748. The van der Waals surface area contributed by atoms with Gasteiger partial charge in [-0.05, 0) is 44.7 Å². The Kier molecular flexibility index (Phi) is 5.05. The maximum Gasteiger partial charge on any atom is 0.144 e. The molecule has 0 radical (unpaired) electrons. The lowest BCUT2D eigenvalue weighted by Gasteiger charge is -2.36. The Labute approximate surface area is 135 Å². The summed E-state index contributed by atoms with van der Waals surface area (Å²) in [6.45, 7) is 11.1. The molecule has 0 bridgehead atoms. The lowest BCUT2D eigenvalue weighted by atomic mass is 9.86. The van der Waals surface area contributed by atoms with Crippen LogP contribution in [0.5, 0.6) is 5.75 Å². The third-order valence-corrected chi connectivity index (χ3v) is 4.71. The first kappa shape index (κ1) is 16.7. The Bertz CT molecular complexity index is 565. The number of hydrogen-bond acceptors (Lipinski definition) is 3. The third-order valence-electron chi connectivity index (χ3n) is 4.71. The van der Waals surface area contributed by atoms with Gasteiger partial charge in [-0.25, -0.2) is 0 Å². The van der Waals surface area contributed by atoms with Crippen LogP contribution in [0.1, 0.15) is 59.4 Å². The van der Waals surface area contributed by atoms with Gasteiger partial charge in [-0.15, -0.1) is 0 Å². The predicted octanol–water partition coefficient (Wildman–Crippen LogP) is 5.29. The third kappa shape index (κ3) is 3.23. The van der Waals surface area contributed by atoms with Gasteiger partial charge in [-0.3, -0.25) is 0 Å². The highest BCUT2D eigenvalue weighted by Crippen LogP contribution is 2.44. The van der Waals surface area contributed by atoms with E-state index in [-0.39, 0.29) is 5.54 Å². The maximum absolute atomic E-state index is 5.67. The lowest BCUT2D eigenvalue weighted by Crippen LogP contribution is -2.35. The molecule has 0 amide bonds. The van der Waals surface area contributed by atoms with Gasteiger partial charge in [-0.2, -0.15) is 0 Å². The molecule has 122 valence electrons. The van der Waals surface area contributed by atoms with Crippen molar-refractivity contribution < 1.29 is 4.74 Å². The van der Waals surface area contributed by atoms with Crippen molar-refractivity contribution in [3.05, 3.63) is 23.8 Å². The molecular weight excluding hydrogens is 272 g/mol. The SMILES string of the molecule is CCC1=CC(C)(CC)Nc2c(OC)cc(NC(C)CC)cc21. The van der Waals surface area contributed by atoms with Crippen LogP contribution >= 0.6 is 0 Å². The van der Waals surface area contributed by atoms with Crippen molar-refractivity contribution in [3.63, 3.8) is 0 Å². The Balaban J connectivity index is 2.51. The zero-order valence-corrected chi connectivity index (χ0v) is 14.8. The maximum atomic E-state index is 5.67. The first-order chi connectivity index (χ1) is 10.5. The second-order valence-corrected chi connectivity index (χ2v) is 6.47. The normalized spacial score (nSPS) is 21.5. The Morgan fingerprint density at radius 2 is 2.00 bits per heavy atom. The van der Waals surface area contributed by atoms with Gasteiger partial charge in [-0.1, -0.05) is 26.8 Å². The van der Waals surface area contributed by atoms with E-state index < -0.39 is 0 Å². The minimum absolute atomic E-state index is 0.00270. The number of benzene rings is 1. The zero-order valence-electron chi connectivity index (χ0n) is 14.8. The van der Waals surface area contributed by atoms with Crippen molar-refractivity contribution in [3.8, 4) is 5.75 Å². The molecule has 1 aromatic rings. The van der Waals surface area contributed by atoms with Crippen molar-refractivity contribution in [1.82, 2.24) is 0 Å². The fourth-order valence-corrected chi connectivity index (χ4v) is 2.90. The molecule has 22 heavy (non-hydrogen) atoms. The summed E-state index contributed by atoms with van der Waals surface area (Å²) in [4.78, 5) is 0. The number of nitrogens with one attached hydrogen (secondary N) is 2. The van der Waals surface area contributed by atoms with E-state index in [1.807, 2.05) is 0 Å². The van der Waals surface area contributed by atoms with Gasteiger partial charge in [0.2, 0.25) is 0 Å². The number of methoxy groups -OCH3 is 1. The van der Waals surface area contributed by atoms with Gasteiger partial charge in [0.1, 0.15) is 5.75 Å². The van der Waals surface area contributed by atoms with Crippen LogP contribution in [0.15, 0.2) is 18.2 Å². The van der Waals surface area contributed by atoms with Crippen molar-refractivity contribution in [1.29, 1.82) is 0 Å². The molecule has 1 aliphatic rings. The van der Waals surface area contributed by atoms with E-state index >= 15 is 0 Å². The summed E-state index contributed by atoms with van der Waals surface area (Å²) in [7, 11) is 1.75. The smallest absolute Gasteiger partial charge is 0.144 e. The van der Waals surface area contributed by atoms with Gasteiger partial charge in [0.25, 0.3) is 0 Å². The van der Waals surface area contributed by atoms with Crippen LogP contribution < -0.4 is 15.4 Å². The average molecular weight is 302 g/mol. The summed E-state index contributed by atoms with van der Waals surface area (Å²) in [5, 5.41) is 7.23. The van der Waals surface area contributed by atoms with Crippen LogP contribution in [0.25, 0.3) is 5.57 Å². The molecule has 0 saturated heterocycles. The Morgan fingerprint density at radius 3 is 2.55 bits per heavy atom. The number of rotatable bonds is 6. The van der Waals surface area contributed by atoms with Gasteiger partial charge < -0.3 is 15.4 Å². The van der Waals surface area contributed by atoms with Crippen LogP contribution in [-0.4, -0.2) is 18.7 Å². The van der Waals surface area contributed by atoms with Gasteiger partial charge in [0.15, 0.2) is 0 Å². The highest BCUT2D eigenvalue weighted by Gasteiger charge is 2.29. The minimum Gasteiger partial charge on any atom is -0.494 e. The predicted molar refractivity (Wildman–Crippen MR) is 97.0 cm³/mol. The first-order valence-electron chi connectivity index (χ1n) is 8.45. The van der Waals surface area contributed by atoms with Crippen molar-refractivity contribution in [2.24, 2.45) is 0 Å². The van der Waals surface area contributed by atoms with Gasteiger partial charge in [0.05, 0.1) is 18.3 Å². The summed E-state index contributed by atoms with van der Waals surface area (Å²) in [6, 6.07) is 4.81. The van der Waals surface area contributed by atoms with Crippen LogP contribution in [-0.2, 0) is 0 Å². The number of allylic oxidation sites excluding steroid dienone is 1. The molecule has 0 saturated carbocycles. The van der Waals surface area contributed by atoms with E-state index in [0.717, 1.165) is 36.4 Å². The number of hydrogen-bond donors (Lipinski definition) is 2. The van der Waals surface area contributed by atoms with Gasteiger partial charge >= 0.3 is 0 Å². The summed E-state index contributed by atoms with van der Waals surface area (Å²) in [5.41, 5.74) is 4.91. The molecule has 0 spiro atoms. The lowest BCUT2D eigenvalue weighted by molar-refractivity contribution is 0.414. The fourth-order valence-electron chi connectivity index (χ4n) is 2.90. The van der Waals surface area contributed by atoms with Crippen molar-refractivity contribution in [2.45, 2.75) is 65.5 Å². The molecule has 2 atom stereocenters. The van der Waals surface area contributed by atoms with E-state index in [9.17, 15) is 0 Å². The monoisotopic (exact) mass is 302 g/mol. The molecule has 3 heteroatoms. The molecule has 3 nitrogen and oxygen atoms in total. The molecule has 2 rings (SSSR count). The van der Waals surface area contributed by atoms with Crippen LogP contribution in [0, 0.1) is 0 Å². The molecule has 2 unspecified atom stereocenters. The summed E-state index contributed by atoms with van der Waals surface area (Å²) < 4.78 is 5.67. The molecular formula is C19H30N2O. The molecule has 2 N–H and O–H groups in total. The largest absolute Gasteiger partial charge is 0.494 e. The topological polar surface area (TPSA) is 33.3 Å². The van der Waals surface area contributed by atoms with E-state index in [1.54, 1.807) is 7.11 Å². The standard InChI is InChI=1S/C19H30N2O/c1-7-13(4)20-15-10-16-14(8-2)12-19(5,9-3)21-18(16)17(11-15)22-6/h10-13,20-21H,7-9H2,1-6H3. The zero-order chi connectivity index (χ0) is 16.3.